The first-order valence-electron chi connectivity index (χ1n) is 19.0. The number of carbonyl (C=O) groups excluding carboxylic acids is 2. The lowest BCUT2D eigenvalue weighted by atomic mass is 10.0. The topological polar surface area (TPSA) is 126 Å². The van der Waals surface area contributed by atoms with Crippen molar-refractivity contribution in [1.29, 1.82) is 0 Å². The summed E-state index contributed by atoms with van der Waals surface area (Å²) in [5.74, 6) is -0.202. The predicted molar refractivity (Wildman–Crippen MR) is 240 cm³/mol. The summed E-state index contributed by atoms with van der Waals surface area (Å²) in [6.45, 7) is 15.4. The Morgan fingerprint density at radius 3 is 1.56 bits per heavy atom. The van der Waals surface area contributed by atoms with Gasteiger partial charge in [-0.2, -0.15) is 0 Å². The van der Waals surface area contributed by atoms with Crippen molar-refractivity contribution in [1.82, 2.24) is 25.5 Å². The Kier molecular flexibility index (Phi) is 14.2. The van der Waals surface area contributed by atoms with Gasteiger partial charge in [-0.25, -0.2) is 15.0 Å². The van der Waals surface area contributed by atoms with Crippen LogP contribution >= 0.6 is 22.7 Å². The molecule has 0 unspecified atom stereocenters. The van der Waals surface area contributed by atoms with Crippen LogP contribution in [0, 0.1) is 41.5 Å². The predicted octanol–water partition coefficient (Wildman–Crippen LogP) is 9.57. The summed E-state index contributed by atoms with van der Waals surface area (Å²) in [4.78, 5) is 42.5. The van der Waals surface area contributed by atoms with Gasteiger partial charge < -0.3 is 21.3 Å². The molecule has 6 rings (SSSR count). The molecule has 2 amide bonds. The summed E-state index contributed by atoms with van der Waals surface area (Å²) < 4.78 is 0. The van der Waals surface area contributed by atoms with Crippen molar-refractivity contribution in [2.45, 2.75) is 61.3 Å². The second kappa shape index (κ2) is 19.0. The Morgan fingerprint density at radius 1 is 0.684 bits per heavy atom. The molecule has 0 fully saturated rings. The summed E-state index contributed by atoms with van der Waals surface area (Å²) in [6.07, 6.45) is 3.24. The average Bonchev–Trinajstić information content (AvgIpc) is 3.82. The van der Waals surface area contributed by atoms with E-state index in [4.69, 9.17) is 15.7 Å². The maximum absolute atomic E-state index is 12.5. The molecule has 4 aromatic carbocycles. The van der Waals surface area contributed by atoms with E-state index in [0.717, 1.165) is 67.1 Å². The van der Waals surface area contributed by atoms with Gasteiger partial charge in [0.1, 0.15) is 9.75 Å². The fraction of sp³-hybridized carbons (Fsp3) is 0.283. The van der Waals surface area contributed by atoms with Crippen molar-refractivity contribution < 1.29 is 9.59 Å². The number of thiazole rings is 2. The number of hydrogen-bond donors (Lipinski definition) is 3. The number of nitrogens with two attached hydrogens (primary N) is 1. The van der Waals surface area contributed by atoms with Crippen molar-refractivity contribution >= 4 is 52.2 Å². The van der Waals surface area contributed by atoms with Gasteiger partial charge in [0.05, 0.1) is 33.4 Å². The zero-order valence-corrected chi connectivity index (χ0v) is 36.3. The third-order valence-electron chi connectivity index (χ3n) is 9.81. The second-order valence-electron chi connectivity index (χ2n) is 14.3. The lowest BCUT2D eigenvalue weighted by Gasteiger charge is -2.11. The van der Waals surface area contributed by atoms with Crippen LogP contribution in [-0.4, -0.2) is 60.7 Å². The monoisotopic (exact) mass is 799 g/mol. The number of nitrogens with zero attached hydrogens (tertiary/aromatic N) is 4. The summed E-state index contributed by atoms with van der Waals surface area (Å²) >= 11 is 2.91. The van der Waals surface area contributed by atoms with Crippen molar-refractivity contribution in [3.63, 3.8) is 0 Å². The van der Waals surface area contributed by atoms with Gasteiger partial charge in [0.2, 0.25) is 0 Å². The lowest BCUT2D eigenvalue weighted by Crippen LogP contribution is -2.17. The molecule has 9 nitrogen and oxygen atoms in total. The van der Waals surface area contributed by atoms with E-state index in [1.165, 1.54) is 50.5 Å². The van der Waals surface area contributed by atoms with Crippen molar-refractivity contribution in [3.05, 3.63) is 137 Å². The Bertz CT molecular complexity index is 2390. The molecule has 0 aliphatic rings. The number of nitrogen functional groups attached to an aromatic ring is 1. The molecule has 0 aliphatic heterocycles. The van der Waals surface area contributed by atoms with Crippen LogP contribution in [0.15, 0.2) is 77.8 Å². The first-order chi connectivity index (χ1) is 27.2. The van der Waals surface area contributed by atoms with E-state index in [9.17, 15) is 9.59 Å². The number of rotatable bonds is 11. The number of carbonyl (C=O) groups is 2. The highest BCUT2D eigenvalue weighted by Gasteiger charge is 2.21. The summed E-state index contributed by atoms with van der Waals surface area (Å²) in [7, 11) is 5.32. The third kappa shape index (κ3) is 10.6. The van der Waals surface area contributed by atoms with E-state index in [2.05, 4.69) is 68.4 Å². The van der Waals surface area contributed by atoms with Gasteiger partial charge in [-0.15, -0.1) is 22.7 Å². The van der Waals surface area contributed by atoms with Gasteiger partial charge in [0.15, 0.2) is 0 Å². The summed E-state index contributed by atoms with van der Waals surface area (Å²) in [6, 6.07) is 24.7. The van der Waals surface area contributed by atoms with Crippen LogP contribution in [0.1, 0.15) is 80.8 Å². The molecule has 11 heteroatoms. The zero-order chi connectivity index (χ0) is 41.4. The van der Waals surface area contributed by atoms with Gasteiger partial charge in [-0.1, -0.05) is 71.8 Å². The number of hydrogen-bond acceptors (Lipinski definition) is 8. The smallest absolute Gasteiger partial charge is 0.263 e. The third-order valence-corrected chi connectivity index (χ3v) is 11.9. The summed E-state index contributed by atoms with van der Waals surface area (Å²) in [5, 5.41) is 7.32. The molecule has 0 saturated carbocycles. The van der Waals surface area contributed by atoms with Crippen LogP contribution in [0.4, 0.5) is 11.4 Å². The highest BCUT2D eigenvalue weighted by Crippen LogP contribution is 2.33. The quantitative estimate of drug-likeness (QED) is 0.0681. The van der Waals surface area contributed by atoms with Crippen LogP contribution < -0.4 is 16.4 Å². The first-order valence-corrected chi connectivity index (χ1v) is 20.6. The van der Waals surface area contributed by atoms with E-state index in [-0.39, 0.29) is 11.8 Å². The second-order valence-corrected chi connectivity index (χ2v) is 16.5. The lowest BCUT2D eigenvalue weighted by molar-refractivity contribution is 0.0959. The maximum atomic E-state index is 12.5. The molecule has 0 atom stereocenters. The molecule has 0 aliphatic carbocycles. The number of amides is 2. The van der Waals surface area contributed by atoms with Gasteiger partial charge >= 0.3 is 0 Å². The molecule has 57 heavy (non-hydrogen) atoms. The number of aryl methyl sites for hydroxylation is 6. The molecule has 2 aromatic heterocycles. The maximum Gasteiger partial charge on any atom is 0.263 e. The average molecular weight is 800 g/mol. The Labute approximate surface area is 345 Å². The molecule has 296 valence electrons. The molecule has 0 bridgehead atoms. The van der Waals surface area contributed by atoms with Gasteiger partial charge in [0.25, 0.3) is 11.8 Å². The Balaban J connectivity index is 0.000000221. The molecule has 0 spiro atoms. The van der Waals surface area contributed by atoms with Gasteiger partial charge in [-0.3, -0.25) is 9.59 Å². The normalized spacial score (nSPS) is 11.0. The van der Waals surface area contributed by atoms with Crippen LogP contribution in [0.25, 0.3) is 22.5 Å². The summed E-state index contributed by atoms with van der Waals surface area (Å²) in [5.41, 5.74) is 20.4. The molecular weight excluding hydrogens is 747 g/mol. The Morgan fingerprint density at radius 2 is 1.12 bits per heavy atom. The van der Waals surface area contributed by atoms with Gasteiger partial charge in [-0.05, 0) is 94.0 Å². The van der Waals surface area contributed by atoms with Crippen LogP contribution in [0.5, 0.6) is 0 Å². The minimum Gasteiger partial charge on any atom is -0.399 e. The van der Waals surface area contributed by atoms with E-state index in [1.807, 2.05) is 86.7 Å². The molecule has 4 N–H and O–H groups in total. The number of benzene rings is 4. The fourth-order valence-corrected chi connectivity index (χ4v) is 8.19. The number of nitrogens with one attached hydrogen (secondary N) is 2. The van der Waals surface area contributed by atoms with E-state index in [1.54, 1.807) is 14.1 Å². The highest BCUT2D eigenvalue weighted by atomic mass is 32.1. The molecule has 0 radical (unpaired) electrons. The number of aromatic nitrogens is 2. The van der Waals surface area contributed by atoms with Crippen LogP contribution in [-0.2, 0) is 12.8 Å². The van der Waals surface area contributed by atoms with E-state index >= 15 is 0 Å². The SMILES string of the molecule is CCN(C)C=Nc1cc(C)c(Cc2nc(-c3ccc(C)cc3)c(C(=O)NC)s2)cc1C.CNC(=O)c1sc(Cc2cc(C)c(N)cc2C)nc1-c1ccc(C)cc1. The minimum atomic E-state index is -0.102. The highest BCUT2D eigenvalue weighted by molar-refractivity contribution is 7.14. The largest absolute Gasteiger partial charge is 0.399 e. The fourth-order valence-electron chi connectivity index (χ4n) is 6.08. The van der Waals surface area contributed by atoms with Crippen LogP contribution in [0.3, 0.4) is 0 Å². The van der Waals surface area contributed by atoms with Crippen molar-refractivity contribution in [2.75, 3.05) is 33.4 Å². The first kappa shape index (κ1) is 42.5. The zero-order valence-electron chi connectivity index (χ0n) is 34.6. The van der Waals surface area contributed by atoms with Crippen LogP contribution in [0.2, 0.25) is 0 Å². The molecule has 0 saturated heterocycles. The van der Waals surface area contributed by atoms with E-state index < -0.39 is 0 Å². The standard InChI is InChI=1S/C25H30N4OS.C21H23N3OS/c1-7-29(6)15-27-21-13-17(3)20(12-18(21)4)14-22-28-23(24(31-22)25(30)26-5)19-10-8-16(2)9-11-19;1-12-5-7-15(8-6-12)19-20(21(25)23-4)26-18(24-19)11-16-9-14(3)17(22)10-13(16)2/h8-13,15H,7,14H2,1-6H3,(H,26,30);5-10H,11,22H2,1-4H3,(H,23,25). The Hall–Kier alpha value is -5.65. The van der Waals surface area contributed by atoms with Crippen molar-refractivity contribution in [2.24, 2.45) is 4.99 Å². The van der Waals surface area contributed by atoms with Crippen molar-refractivity contribution in [3.8, 4) is 22.5 Å². The number of anilines is 1. The molecular formula is C46H53N7O2S2. The number of aliphatic imine (C=N–C) groups is 1. The molecule has 2 heterocycles. The molecule has 6 aromatic rings. The minimum absolute atomic E-state index is 0.100. The van der Waals surface area contributed by atoms with E-state index in [0.29, 0.717) is 22.6 Å². The van der Waals surface area contributed by atoms with Gasteiger partial charge in [0, 0.05) is 57.3 Å².